The Bertz CT molecular complexity index is 1240. The first-order valence-electron chi connectivity index (χ1n) is 9.72. The van der Waals surface area contributed by atoms with Gasteiger partial charge in [0.25, 0.3) is 0 Å². The van der Waals surface area contributed by atoms with Gasteiger partial charge >= 0.3 is 7.12 Å². The van der Waals surface area contributed by atoms with Gasteiger partial charge in [0.15, 0.2) is 0 Å². The zero-order valence-corrected chi connectivity index (χ0v) is 17.4. The van der Waals surface area contributed by atoms with Crippen molar-refractivity contribution in [1.29, 1.82) is 0 Å². The molecule has 4 rings (SSSR count). The van der Waals surface area contributed by atoms with Crippen molar-refractivity contribution in [2.75, 3.05) is 24.3 Å². The fourth-order valence-corrected chi connectivity index (χ4v) is 3.44. The van der Waals surface area contributed by atoms with Crippen LogP contribution in [0, 0.1) is 12.7 Å². The Kier molecular flexibility index (Phi) is 5.58. The van der Waals surface area contributed by atoms with E-state index < -0.39 is 7.12 Å². The number of rotatable bonds is 6. The Labute approximate surface area is 179 Å². The molecule has 0 amide bonds. The standard InChI is InChI=1S/C21H22BFN6O2/c1-13-10-16-17(22(30)31)8-5-9-18(16)29(13)21-26-19(25-20(27-21)28(2)3)24-12-14-6-4-7-15(23)11-14/h4-11,30-31H,12H2,1-3H3,(H,24,25,26,27). The molecule has 0 radical (unpaired) electrons. The molecule has 0 saturated heterocycles. The number of benzene rings is 2. The zero-order chi connectivity index (χ0) is 22.1. The first-order valence-corrected chi connectivity index (χ1v) is 9.72. The van der Waals surface area contributed by atoms with Gasteiger partial charge < -0.3 is 20.3 Å². The zero-order valence-electron chi connectivity index (χ0n) is 17.4. The van der Waals surface area contributed by atoms with Crippen LogP contribution in [0.5, 0.6) is 0 Å². The van der Waals surface area contributed by atoms with Crippen molar-refractivity contribution in [3.63, 3.8) is 0 Å². The van der Waals surface area contributed by atoms with Crippen molar-refractivity contribution in [2.24, 2.45) is 0 Å². The lowest BCUT2D eigenvalue weighted by Gasteiger charge is -2.15. The van der Waals surface area contributed by atoms with Gasteiger partial charge in [-0.05, 0) is 42.2 Å². The van der Waals surface area contributed by atoms with E-state index in [2.05, 4.69) is 20.3 Å². The minimum atomic E-state index is -1.59. The highest BCUT2D eigenvalue weighted by Crippen LogP contribution is 2.23. The molecule has 8 nitrogen and oxygen atoms in total. The molecule has 0 bridgehead atoms. The predicted molar refractivity (Wildman–Crippen MR) is 119 cm³/mol. The van der Waals surface area contributed by atoms with Gasteiger partial charge in [0, 0.05) is 31.7 Å². The second-order valence-electron chi connectivity index (χ2n) is 7.41. The molecule has 10 heteroatoms. The summed E-state index contributed by atoms with van der Waals surface area (Å²) in [5.41, 5.74) is 2.74. The second-order valence-corrected chi connectivity index (χ2v) is 7.41. The van der Waals surface area contributed by atoms with Gasteiger partial charge in [0.2, 0.25) is 17.8 Å². The number of nitrogens with zero attached hydrogens (tertiary/aromatic N) is 5. The van der Waals surface area contributed by atoms with E-state index in [-0.39, 0.29) is 5.82 Å². The van der Waals surface area contributed by atoms with Crippen LogP contribution in [0.25, 0.3) is 16.9 Å². The number of hydrogen-bond donors (Lipinski definition) is 3. The summed E-state index contributed by atoms with van der Waals surface area (Å²) < 4.78 is 15.3. The van der Waals surface area contributed by atoms with E-state index in [0.717, 1.165) is 16.8 Å². The van der Waals surface area contributed by atoms with Crippen molar-refractivity contribution in [3.05, 3.63) is 65.6 Å². The predicted octanol–water partition coefficient (Wildman–Crippen LogP) is 1.62. The topological polar surface area (TPSA) is 99.3 Å². The van der Waals surface area contributed by atoms with E-state index in [1.807, 2.05) is 43.8 Å². The Morgan fingerprint density at radius 3 is 2.55 bits per heavy atom. The van der Waals surface area contributed by atoms with Crippen molar-refractivity contribution in [2.45, 2.75) is 13.5 Å². The fraction of sp³-hybridized carbons (Fsp3) is 0.190. The minimum absolute atomic E-state index is 0.305. The van der Waals surface area contributed by atoms with Gasteiger partial charge in [-0.3, -0.25) is 4.57 Å². The quantitative estimate of drug-likeness (QED) is 0.408. The Morgan fingerprint density at radius 1 is 1.06 bits per heavy atom. The summed E-state index contributed by atoms with van der Waals surface area (Å²) in [6, 6.07) is 13.5. The third-order valence-corrected chi connectivity index (χ3v) is 4.89. The Morgan fingerprint density at radius 2 is 1.84 bits per heavy atom. The van der Waals surface area contributed by atoms with Crippen molar-refractivity contribution < 1.29 is 14.4 Å². The van der Waals surface area contributed by atoms with Crippen molar-refractivity contribution >= 4 is 35.4 Å². The molecule has 2 heterocycles. The number of aromatic nitrogens is 4. The highest BCUT2D eigenvalue weighted by Gasteiger charge is 2.20. The number of fused-ring (bicyclic) bond motifs is 1. The molecule has 0 aliphatic heterocycles. The summed E-state index contributed by atoms with van der Waals surface area (Å²) in [4.78, 5) is 15.3. The average Bonchev–Trinajstić information content (AvgIpc) is 3.07. The van der Waals surface area contributed by atoms with Crippen LogP contribution in [0.15, 0.2) is 48.5 Å². The molecule has 0 unspecified atom stereocenters. The molecular weight excluding hydrogens is 398 g/mol. The molecule has 158 valence electrons. The third-order valence-electron chi connectivity index (χ3n) is 4.89. The molecule has 4 aromatic rings. The molecule has 0 aliphatic carbocycles. The normalized spacial score (nSPS) is 11.0. The van der Waals surface area contributed by atoms with Gasteiger partial charge in [-0.25, -0.2) is 4.39 Å². The van der Waals surface area contributed by atoms with Crippen molar-refractivity contribution in [3.8, 4) is 5.95 Å². The molecule has 0 aliphatic rings. The molecule has 2 aromatic carbocycles. The van der Waals surface area contributed by atoms with E-state index in [0.29, 0.717) is 35.2 Å². The molecule has 3 N–H and O–H groups in total. The first kappa shape index (κ1) is 20.8. The van der Waals surface area contributed by atoms with E-state index >= 15 is 0 Å². The second kappa shape index (κ2) is 8.33. The number of nitrogens with one attached hydrogen (secondary N) is 1. The van der Waals surface area contributed by atoms with Crippen LogP contribution in [-0.4, -0.2) is 50.8 Å². The van der Waals surface area contributed by atoms with Gasteiger partial charge in [0.05, 0.1) is 5.52 Å². The van der Waals surface area contributed by atoms with E-state index in [4.69, 9.17) is 0 Å². The highest BCUT2D eigenvalue weighted by molar-refractivity contribution is 6.61. The average molecular weight is 420 g/mol. The van der Waals surface area contributed by atoms with E-state index in [1.54, 1.807) is 23.1 Å². The van der Waals surface area contributed by atoms with Crippen molar-refractivity contribution in [1.82, 2.24) is 19.5 Å². The monoisotopic (exact) mass is 420 g/mol. The summed E-state index contributed by atoms with van der Waals surface area (Å²) in [5, 5.41) is 23.3. The lowest BCUT2D eigenvalue weighted by Crippen LogP contribution is -2.30. The van der Waals surface area contributed by atoms with Crippen LogP contribution in [0.3, 0.4) is 0 Å². The summed E-state index contributed by atoms with van der Waals surface area (Å²) in [6.45, 7) is 2.24. The highest BCUT2D eigenvalue weighted by atomic mass is 19.1. The smallest absolute Gasteiger partial charge is 0.423 e. The molecule has 2 aromatic heterocycles. The van der Waals surface area contributed by atoms with E-state index in [1.165, 1.54) is 12.1 Å². The largest absolute Gasteiger partial charge is 0.489 e. The number of hydrogen-bond acceptors (Lipinski definition) is 7. The lowest BCUT2D eigenvalue weighted by atomic mass is 9.78. The molecule has 31 heavy (non-hydrogen) atoms. The molecule has 0 spiro atoms. The third kappa shape index (κ3) is 4.21. The van der Waals surface area contributed by atoms with Gasteiger partial charge in [-0.1, -0.05) is 24.3 Å². The maximum absolute atomic E-state index is 13.5. The Hall–Kier alpha value is -3.50. The van der Waals surface area contributed by atoms with Gasteiger partial charge in [-0.2, -0.15) is 15.0 Å². The summed E-state index contributed by atoms with van der Waals surface area (Å²) in [7, 11) is 2.07. The van der Waals surface area contributed by atoms with Crippen LogP contribution in [0.4, 0.5) is 16.3 Å². The maximum Gasteiger partial charge on any atom is 0.489 e. The molecule has 0 atom stereocenters. The molecule has 0 fully saturated rings. The first-order chi connectivity index (χ1) is 14.8. The van der Waals surface area contributed by atoms with Gasteiger partial charge in [-0.15, -0.1) is 0 Å². The summed E-state index contributed by atoms with van der Waals surface area (Å²) >= 11 is 0. The number of halogens is 1. The number of aryl methyl sites for hydroxylation is 1. The van der Waals surface area contributed by atoms with Crippen LogP contribution in [0.2, 0.25) is 0 Å². The fourth-order valence-electron chi connectivity index (χ4n) is 3.44. The van der Waals surface area contributed by atoms with Crippen LogP contribution >= 0.6 is 0 Å². The SMILES string of the molecule is Cc1cc2c(B(O)O)cccc2n1-c1nc(NCc2cccc(F)c2)nc(N(C)C)n1. The minimum Gasteiger partial charge on any atom is -0.423 e. The van der Waals surface area contributed by atoms with Crippen LogP contribution in [-0.2, 0) is 6.54 Å². The summed E-state index contributed by atoms with van der Waals surface area (Å²) in [5.74, 6) is 0.877. The maximum atomic E-state index is 13.5. The van der Waals surface area contributed by atoms with Crippen LogP contribution in [0.1, 0.15) is 11.3 Å². The van der Waals surface area contributed by atoms with Gasteiger partial charge in [0.1, 0.15) is 5.82 Å². The molecule has 0 saturated carbocycles. The van der Waals surface area contributed by atoms with Crippen LogP contribution < -0.4 is 15.7 Å². The number of anilines is 2. The molecular formula is C21H22BFN6O2. The Balaban J connectivity index is 1.78. The summed E-state index contributed by atoms with van der Waals surface area (Å²) in [6.07, 6.45) is 0. The van der Waals surface area contributed by atoms with E-state index in [9.17, 15) is 14.4 Å². The lowest BCUT2D eigenvalue weighted by molar-refractivity contribution is 0.426.